The summed E-state index contributed by atoms with van der Waals surface area (Å²) in [6, 6.07) is 3.91. The van der Waals surface area contributed by atoms with Gasteiger partial charge in [-0.2, -0.15) is 0 Å². The van der Waals surface area contributed by atoms with E-state index in [1.54, 1.807) is 6.92 Å². The summed E-state index contributed by atoms with van der Waals surface area (Å²) in [5.74, 6) is 0. The Morgan fingerprint density at radius 1 is 1.24 bits per heavy atom. The quantitative estimate of drug-likeness (QED) is 0.324. The van der Waals surface area contributed by atoms with E-state index in [1.807, 2.05) is 26.0 Å². The molecule has 0 spiro atoms. The number of nitro groups is 1. The van der Waals surface area contributed by atoms with Crippen molar-refractivity contribution in [1.82, 2.24) is 9.97 Å². The first-order valence-electron chi connectivity index (χ1n) is 5.92. The Morgan fingerprint density at radius 3 is 2.33 bits per heavy atom. The Labute approximate surface area is 139 Å². The molecule has 21 heavy (non-hydrogen) atoms. The summed E-state index contributed by atoms with van der Waals surface area (Å²) in [5, 5.41) is 11.5. The van der Waals surface area contributed by atoms with Crippen molar-refractivity contribution in [3.63, 3.8) is 0 Å². The molecule has 0 amide bonds. The first kappa shape index (κ1) is 16.2. The average Bonchev–Trinajstić information content (AvgIpc) is 2.32. The maximum absolute atomic E-state index is 11.2. The molecule has 0 saturated carbocycles. The van der Waals surface area contributed by atoms with E-state index in [-0.39, 0.29) is 21.7 Å². The molecule has 2 aromatic rings. The molecular formula is C13H11BrClN3O2S. The number of nitrogens with zero attached hydrogens (tertiary/aromatic N) is 3. The maximum atomic E-state index is 11.2. The monoisotopic (exact) mass is 387 g/mol. The van der Waals surface area contributed by atoms with E-state index >= 15 is 0 Å². The molecule has 1 aromatic carbocycles. The minimum Gasteiger partial charge on any atom is -0.258 e. The van der Waals surface area contributed by atoms with Crippen LogP contribution in [0.4, 0.5) is 5.69 Å². The molecule has 0 radical (unpaired) electrons. The van der Waals surface area contributed by atoms with Gasteiger partial charge in [-0.1, -0.05) is 27.7 Å². The Kier molecular flexibility index (Phi) is 4.85. The van der Waals surface area contributed by atoms with E-state index in [0.29, 0.717) is 0 Å². The summed E-state index contributed by atoms with van der Waals surface area (Å²) in [7, 11) is 0. The molecule has 0 N–H and O–H groups in total. The van der Waals surface area contributed by atoms with Crippen LogP contribution in [0.2, 0.25) is 5.28 Å². The minimum absolute atomic E-state index is 0.00742. The van der Waals surface area contributed by atoms with Crippen molar-refractivity contribution >= 4 is 45.0 Å². The van der Waals surface area contributed by atoms with Gasteiger partial charge in [-0.3, -0.25) is 10.1 Å². The van der Waals surface area contributed by atoms with Crippen molar-refractivity contribution in [3.8, 4) is 0 Å². The highest BCUT2D eigenvalue weighted by Crippen LogP contribution is 2.39. The average molecular weight is 389 g/mol. The molecule has 0 aliphatic carbocycles. The lowest BCUT2D eigenvalue weighted by Gasteiger charge is -2.10. The standard InChI is InChI=1S/C13H11BrClN3O2S/c1-6-4-9(14)5-7(2)11(6)21-12-10(18(19)20)8(3)16-13(15)17-12/h4-5H,1-3H3. The molecule has 0 aliphatic rings. The van der Waals surface area contributed by atoms with Gasteiger partial charge in [-0.15, -0.1) is 0 Å². The highest BCUT2D eigenvalue weighted by Gasteiger charge is 2.23. The van der Waals surface area contributed by atoms with Crippen LogP contribution in [0.3, 0.4) is 0 Å². The van der Waals surface area contributed by atoms with E-state index in [0.717, 1.165) is 20.5 Å². The van der Waals surface area contributed by atoms with Gasteiger partial charge in [-0.05, 0) is 55.6 Å². The second-order valence-electron chi connectivity index (χ2n) is 4.46. The normalized spacial score (nSPS) is 10.7. The van der Waals surface area contributed by atoms with Gasteiger partial charge in [-0.25, -0.2) is 9.97 Å². The van der Waals surface area contributed by atoms with Gasteiger partial charge in [0.05, 0.1) is 4.92 Å². The predicted octanol–water partition coefficient (Wildman–Crippen LogP) is 4.88. The summed E-state index contributed by atoms with van der Waals surface area (Å²) < 4.78 is 0.966. The zero-order valence-electron chi connectivity index (χ0n) is 11.5. The SMILES string of the molecule is Cc1cc(Br)cc(C)c1Sc1nc(Cl)nc(C)c1[N+](=O)[O-]. The molecule has 5 nitrogen and oxygen atoms in total. The van der Waals surface area contributed by atoms with Crippen LogP contribution in [-0.4, -0.2) is 14.9 Å². The highest BCUT2D eigenvalue weighted by molar-refractivity contribution is 9.10. The number of benzene rings is 1. The molecule has 0 atom stereocenters. The number of aryl methyl sites for hydroxylation is 3. The van der Waals surface area contributed by atoms with E-state index in [1.165, 1.54) is 11.8 Å². The van der Waals surface area contributed by atoms with Gasteiger partial charge < -0.3 is 0 Å². The van der Waals surface area contributed by atoms with Crippen molar-refractivity contribution < 1.29 is 4.92 Å². The third-order valence-electron chi connectivity index (χ3n) is 2.81. The highest BCUT2D eigenvalue weighted by atomic mass is 79.9. The fourth-order valence-electron chi connectivity index (χ4n) is 1.94. The predicted molar refractivity (Wildman–Crippen MR) is 86.2 cm³/mol. The van der Waals surface area contributed by atoms with Crippen molar-refractivity contribution in [2.24, 2.45) is 0 Å². The van der Waals surface area contributed by atoms with Crippen molar-refractivity contribution in [1.29, 1.82) is 0 Å². The second kappa shape index (κ2) is 6.29. The molecular weight excluding hydrogens is 378 g/mol. The van der Waals surface area contributed by atoms with Gasteiger partial charge in [0.2, 0.25) is 5.28 Å². The second-order valence-corrected chi connectivity index (χ2v) is 6.71. The van der Waals surface area contributed by atoms with E-state index in [9.17, 15) is 10.1 Å². The molecule has 2 rings (SSSR count). The lowest BCUT2D eigenvalue weighted by molar-refractivity contribution is -0.389. The summed E-state index contributed by atoms with van der Waals surface area (Å²) in [6.07, 6.45) is 0. The van der Waals surface area contributed by atoms with Crippen LogP contribution in [0.15, 0.2) is 26.5 Å². The molecule has 8 heteroatoms. The van der Waals surface area contributed by atoms with Crippen LogP contribution < -0.4 is 0 Å². The van der Waals surface area contributed by atoms with Crippen LogP contribution in [0.25, 0.3) is 0 Å². The minimum atomic E-state index is -0.475. The lowest BCUT2D eigenvalue weighted by atomic mass is 10.2. The summed E-state index contributed by atoms with van der Waals surface area (Å²) in [5.41, 5.74) is 2.17. The summed E-state index contributed by atoms with van der Waals surface area (Å²) in [6.45, 7) is 5.44. The molecule has 110 valence electrons. The largest absolute Gasteiger partial charge is 0.322 e. The van der Waals surface area contributed by atoms with Crippen molar-refractivity contribution in [3.05, 3.63) is 48.8 Å². The lowest BCUT2D eigenvalue weighted by Crippen LogP contribution is -2.00. The van der Waals surface area contributed by atoms with Crippen LogP contribution in [-0.2, 0) is 0 Å². The van der Waals surface area contributed by atoms with Crippen molar-refractivity contribution in [2.75, 3.05) is 0 Å². The van der Waals surface area contributed by atoms with Gasteiger partial charge in [0.25, 0.3) is 0 Å². The molecule has 0 bridgehead atoms. The number of halogens is 2. The fraction of sp³-hybridized carbons (Fsp3) is 0.231. The van der Waals surface area contributed by atoms with E-state index in [2.05, 4.69) is 25.9 Å². The van der Waals surface area contributed by atoms with Gasteiger partial charge in [0, 0.05) is 9.37 Å². The molecule has 0 fully saturated rings. The van der Waals surface area contributed by atoms with Gasteiger partial charge in [0.15, 0.2) is 5.03 Å². The zero-order chi connectivity index (χ0) is 15.7. The van der Waals surface area contributed by atoms with Crippen LogP contribution in [0.5, 0.6) is 0 Å². The Morgan fingerprint density at radius 2 is 1.81 bits per heavy atom. The molecule has 0 saturated heterocycles. The van der Waals surface area contributed by atoms with Crippen molar-refractivity contribution in [2.45, 2.75) is 30.7 Å². The Bertz CT molecular complexity index is 717. The number of aromatic nitrogens is 2. The summed E-state index contributed by atoms with van der Waals surface area (Å²) in [4.78, 5) is 19.5. The number of hydrogen-bond acceptors (Lipinski definition) is 5. The van der Waals surface area contributed by atoms with Gasteiger partial charge >= 0.3 is 5.69 Å². The van der Waals surface area contributed by atoms with Crippen LogP contribution >= 0.6 is 39.3 Å². The molecule has 1 aromatic heterocycles. The third kappa shape index (κ3) is 3.53. The number of hydrogen-bond donors (Lipinski definition) is 0. The fourth-order valence-corrected chi connectivity index (χ4v) is 3.98. The van der Waals surface area contributed by atoms with E-state index < -0.39 is 4.92 Å². The topological polar surface area (TPSA) is 68.9 Å². The first-order chi connectivity index (χ1) is 9.79. The first-order valence-corrected chi connectivity index (χ1v) is 7.91. The van der Waals surface area contributed by atoms with E-state index in [4.69, 9.17) is 11.6 Å². The maximum Gasteiger partial charge on any atom is 0.322 e. The summed E-state index contributed by atoms with van der Waals surface area (Å²) >= 11 is 10.5. The zero-order valence-corrected chi connectivity index (χ0v) is 14.6. The molecule has 0 aliphatic heterocycles. The molecule has 1 heterocycles. The van der Waals surface area contributed by atoms with Gasteiger partial charge in [0.1, 0.15) is 5.69 Å². The number of rotatable bonds is 3. The van der Waals surface area contributed by atoms with Crippen LogP contribution in [0, 0.1) is 30.9 Å². The Hall–Kier alpha value is -1.18. The molecule has 0 unspecified atom stereocenters. The smallest absolute Gasteiger partial charge is 0.258 e. The third-order valence-corrected chi connectivity index (χ3v) is 4.76. The van der Waals surface area contributed by atoms with Crippen LogP contribution in [0.1, 0.15) is 16.8 Å². The Balaban J connectivity index is 2.57.